The van der Waals surface area contributed by atoms with Crippen LogP contribution in [0.3, 0.4) is 0 Å². The smallest absolute Gasteiger partial charge is 0.264 e. The molecule has 0 aliphatic heterocycles. The van der Waals surface area contributed by atoms with Gasteiger partial charge in [-0.3, -0.25) is 4.79 Å². The summed E-state index contributed by atoms with van der Waals surface area (Å²) in [6.45, 7) is 1.93. The summed E-state index contributed by atoms with van der Waals surface area (Å²) in [4.78, 5) is 12.2. The summed E-state index contributed by atoms with van der Waals surface area (Å²) in [6, 6.07) is 17.0. The van der Waals surface area contributed by atoms with Gasteiger partial charge in [0.15, 0.2) is 0 Å². The van der Waals surface area contributed by atoms with Crippen LogP contribution >= 0.6 is 23.4 Å². The summed E-state index contributed by atoms with van der Waals surface area (Å²) in [6.07, 6.45) is 1.56. The molecule has 29 heavy (non-hydrogen) atoms. The van der Waals surface area contributed by atoms with Crippen molar-refractivity contribution in [2.24, 2.45) is 5.10 Å². The molecule has 1 aromatic heterocycles. The number of amides is 1. The number of hydrazone groups is 1. The van der Waals surface area contributed by atoms with Crippen LogP contribution in [0.1, 0.15) is 24.1 Å². The van der Waals surface area contributed by atoms with E-state index in [0.717, 1.165) is 11.1 Å². The standard InChI is InChI=1S/C19H20ClN7OS/c1-13(14-7-3-2-4-8-14)23-17(28)12-29-19-26-25-18(27(19)21)24-22-11-15-9-5-6-10-16(15)20/h2-11,13H,12,21H2,1H3,(H,23,28)(H,24,25)/b22-11+. The fourth-order valence-electron chi connectivity index (χ4n) is 2.43. The minimum atomic E-state index is -0.124. The molecular weight excluding hydrogens is 410 g/mol. The SMILES string of the molecule is CC(NC(=O)CSc1nnc(N/N=C/c2ccccc2Cl)n1N)c1ccccc1. The largest absolute Gasteiger partial charge is 0.349 e. The maximum atomic E-state index is 12.2. The van der Waals surface area contributed by atoms with Gasteiger partial charge in [0.25, 0.3) is 5.95 Å². The van der Waals surface area contributed by atoms with Crippen molar-refractivity contribution < 1.29 is 4.79 Å². The Kier molecular flexibility index (Phi) is 7.09. The average Bonchev–Trinajstić information content (AvgIpc) is 3.08. The van der Waals surface area contributed by atoms with Crippen molar-refractivity contribution in [2.75, 3.05) is 17.0 Å². The highest BCUT2D eigenvalue weighted by molar-refractivity contribution is 7.99. The lowest BCUT2D eigenvalue weighted by molar-refractivity contribution is -0.119. The van der Waals surface area contributed by atoms with Gasteiger partial charge < -0.3 is 11.2 Å². The Morgan fingerprint density at radius 1 is 1.24 bits per heavy atom. The topological polar surface area (TPSA) is 110 Å². The van der Waals surface area contributed by atoms with Crippen molar-refractivity contribution in [1.82, 2.24) is 20.2 Å². The number of nitrogens with two attached hydrogens (primary N) is 1. The molecule has 3 aromatic rings. The van der Waals surface area contributed by atoms with Crippen LogP contribution in [-0.4, -0.2) is 32.7 Å². The van der Waals surface area contributed by atoms with E-state index in [1.54, 1.807) is 12.3 Å². The third kappa shape index (κ3) is 5.72. The van der Waals surface area contributed by atoms with Gasteiger partial charge in [0.1, 0.15) is 0 Å². The minimum absolute atomic E-state index is 0.0866. The average molecular weight is 430 g/mol. The molecule has 0 saturated carbocycles. The Labute approximate surface area is 177 Å². The van der Waals surface area contributed by atoms with Gasteiger partial charge in [-0.15, -0.1) is 10.2 Å². The highest BCUT2D eigenvalue weighted by Gasteiger charge is 2.14. The second kappa shape index (κ2) is 9.94. The number of halogens is 1. The summed E-state index contributed by atoms with van der Waals surface area (Å²) >= 11 is 7.25. The van der Waals surface area contributed by atoms with Crippen LogP contribution in [0.4, 0.5) is 5.95 Å². The number of thioether (sulfide) groups is 1. The summed E-state index contributed by atoms with van der Waals surface area (Å²) in [5, 5.41) is 15.9. The number of carbonyl (C=O) groups excluding carboxylic acids is 1. The number of carbonyl (C=O) groups is 1. The van der Waals surface area contributed by atoms with Crippen LogP contribution in [0.5, 0.6) is 0 Å². The highest BCUT2D eigenvalue weighted by Crippen LogP contribution is 2.18. The normalized spacial score (nSPS) is 12.1. The molecule has 1 heterocycles. The second-order valence-corrected chi connectivity index (χ2v) is 7.41. The predicted octanol–water partition coefficient (Wildman–Crippen LogP) is 3.06. The van der Waals surface area contributed by atoms with Crippen molar-refractivity contribution in [3.8, 4) is 0 Å². The molecule has 0 aliphatic rings. The van der Waals surface area contributed by atoms with Crippen molar-refractivity contribution in [3.63, 3.8) is 0 Å². The number of anilines is 1. The lowest BCUT2D eigenvalue weighted by atomic mass is 10.1. The van der Waals surface area contributed by atoms with Crippen LogP contribution in [0.15, 0.2) is 64.9 Å². The number of aromatic nitrogens is 3. The van der Waals surface area contributed by atoms with Gasteiger partial charge in [-0.05, 0) is 18.6 Å². The second-order valence-electron chi connectivity index (χ2n) is 6.06. The molecular formula is C19H20ClN7OS. The Morgan fingerprint density at radius 2 is 1.97 bits per heavy atom. The lowest BCUT2D eigenvalue weighted by Crippen LogP contribution is -2.28. The van der Waals surface area contributed by atoms with Crippen LogP contribution in [-0.2, 0) is 4.79 Å². The zero-order chi connectivity index (χ0) is 20.6. The fourth-order valence-corrected chi connectivity index (χ4v) is 3.28. The minimum Gasteiger partial charge on any atom is -0.349 e. The first-order valence-corrected chi connectivity index (χ1v) is 10.1. The van der Waals surface area contributed by atoms with Crippen LogP contribution in [0.25, 0.3) is 0 Å². The van der Waals surface area contributed by atoms with E-state index in [0.29, 0.717) is 10.2 Å². The zero-order valence-electron chi connectivity index (χ0n) is 15.6. The Morgan fingerprint density at radius 3 is 2.72 bits per heavy atom. The lowest BCUT2D eigenvalue weighted by Gasteiger charge is -2.13. The van der Waals surface area contributed by atoms with E-state index in [1.807, 2.05) is 55.5 Å². The van der Waals surface area contributed by atoms with Gasteiger partial charge in [0, 0.05) is 10.6 Å². The third-order valence-corrected chi connectivity index (χ3v) is 5.23. The molecule has 1 amide bonds. The van der Waals surface area contributed by atoms with Crippen molar-refractivity contribution in [3.05, 3.63) is 70.7 Å². The number of rotatable bonds is 8. The molecule has 1 atom stereocenters. The number of nitrogen functional groups attached to an aromatic ring is 1. The van der Waals surface area contributed by atoms with E-state index in [9.17, 15) is 4.79 Å². The molecule has 0 aliphatic carbocycles. The van der Waals surface area contributed by atoms with Crippen LogP contribution in [0.2, 0.25) is 5.02 Å². The van der Waals surface area contributed by atoms with Crippen LogP contribution in [0, 0.1) is 0 Å². The van der Waals surface area contributed by atoms with E-state index >= 15 is 0 Å². The molecule has 150 valence electrons. The monoisotopic (exact) mass is 429 g/mol. The summed E-state index contributed by atoms with van der Waals surface area (Å²) in [5.41, 5.74) is 4.50. The molecule has 0 bridgehead atoms. The molecule has 8 nitrogen and oxygen atoms in total. The number of hydrogen-bond donors (Lipinski definition) is 3. The van der Waals surface area contributed by atoms with Gasteiger partial charge in [0.05, 0.1) is 18.0 Å². The molecule has 0 fully saturated rings. The molecule has 10 heteroatoms. The maximum Gasteiger partial charge on any atom is 0.264 e. The first kappa shape index (κ1) is 20.7. The molecule has 4 N–H and O–H groups in total. The summed E-state index contributed by atoms with van der Waals surface area (Å²) in [7, 11) is 0. The van der Waals surface area contributed by atoms with E-state index in [2.05, 4.69) is 26.0 Å². The molecule has 0 spiro atoms. The molecule has 3 rings (SSSR count). The van der Waals surface area contributed by atoms with E-state index < -0.39 is 0 Å². The van der Waals surface area contributed by atoms with E-state index in [4.69, 9.17) is 17.4 Å². The van der Waals surface area contributed by atoms with Crippen molar-refractivity contribution in [1.29, 1.82) is 0 Å². The molecule has 0 radical (unpaired) electrons. The van der Waals surface area contributed by atoms with Gasteiger partial charge in [0.2, 0.25) is 11.1 Å². The molecule has 1 unspecified atom stereocenters. The van der Waals surface area contributed by atoms with Gasteiger partial charge in [-0.25, -0.2) is 10.1 Å². The maximum absolute atomic E-state index is 12.2. The highest BCUT2D eigenvalue weighted by atomic mass is 35.5. The van der Waals surface area contributed by atoms with Crippen LogP contribution < -0.4 is 16.6 Å². The predicted molar refractivity (Wildman–Crippen MR) is 117 cm³/mol. The fraction of sp³-hybridized carbons (Fsp3) is 0.158. The Bertz CT molecular complexity index is 993. The Hall–Kier alpha value is -3.04. The number of nitrogens with zero attached hydrogens (tertiary/aromatic N) is 4. The summed E-state index contributed by atoms with van der Waals surface area (Å²) < 4.78 is 1.24. The first-order valence-electron chi connectivity index (χ1n) is 8.76. The van der Waals surface area contributed by atoms with E-state index in [1.165, 1.54) is 16.4 Å². The third-order valence-electron chi connectivity index (χ3n) is 3.95. The quantitative estimate of drug-likeness (QED) is 0.220. The Balaban J connectivity index is 1.51. The van der Waals surface area contributed by atoms with Gasteiger partial charge in [-0.1, -0.05) is 71.9 Å². The summed E-state index contributed by atoms with van der Waals surface area (Å²) in [5.74, 6) is 6.25. The number of nitrogens with one attached hydrogen (secondary N) is 2. The number of hydrogen-bond acceptors (Lipinski definition) is 7. The first-order chi connectivity index (χ1) is 14.0. The van der Waals surface area contributed by atoms with Gasteiger partial charge in [-0.2, -0.15) is 5.10 Å². The van der Waals surface area contributed by atoms with Crippen molar-refractivity contribution in [2.45, 2.75) is 18.1 Å². The van der Waals surface area contributed by atoms with Crippen molar-refractivity contribution >= 4 is 41.4 Å². The zero-order valence-corrected chi connectivity index (χ0v) is 17.2. The van der Waals surface area contributed by atoms with E-state index in [-0.39, 0.29) is 23.7 Å². The number of benzene rings is 2. The molecule has 0 saturated heterocycles. The van der Waals surface area contributed by atoms with Gasteiger partial charge >= 0.3 is 0 Å². The molecule has 2 aromatic carbocycles.